The first-order valence-corrected chi connectivity index (χ1v) is 12.0. The predicted molar refractivity (Wildman–Crippen MR) is 138 cm³/mol. The summed E-state index contributed by atoms with van der Waals surface area (Å²) in [5.74, 6) is 0.169. The van der Waals surface area contributed by atoms with Gasteiger partial charge in [0, 0.05) is 44.6 Å². The Morgan fingerprint density at radius 3 is 2.38 bits per heavy atom. The lowest BCUT2D eigenvalue weighted by atomic mass is 10.1. The number of amides is 2. The van der Waals surface area contributed by atoms with Gasteiger partial charge in [-0.25, -0.2) is 0 Å². The number of hydrogen-bond acceptors (Lipinski definition) is 4. The third kappa shape index (κ3) is 4.43. The third-order valence-electron chi connectivity index (χ3n) is 5.60. The van der Waals surface area contributed by atoms with Crippen molar-refractivity contribution in [1.29, 1.82) is 0 Å². The Morgan fingerprint density at radius 2 is 1.62 bits per heavy atom. The molecule has 0 aliphatic carbocycles. The minimum atomic E-state index is -0.302. The Labute approximate surface area is 200 Å². The van der Waals surface area contributed by atoms with E-state index < -0.39 is 0 Å². The fourth-order valence-corrected chi connectivity index (χ4v) is 4.75. The molecule has 3 aromatic carbocycles. The van der Waals surface area contributed by atoms with Gasteiger partial charge in [-0.1, -0.05) is 18.2 Å². The van der Waals surface area contributed by atoms with Crippen LogP contribution in [0.15, 0.2) is 94.4 Å². The topological polar surface area (TPSA) is 76.3 Å². The van der Waals surface area contributed by atoms with Gasteiger partial charge in [-0.3, -0.25) is 9.59 Å². The molecule has 170 valence electrons. The van der Waals surface area contributed by atoms with Gasteiger partial charge in [0.2, 0.25) is 5.91 Å². The number of para-hydroxylation sites is 1. The number of furan rings is 1. The molecule has 0 saturated carbocycles. The highest BCUT2D eigenvalue weighted by molar-refractivity contribution is 8.00. The van der Waals surface area contributed by atoms with Crippen molar-refractivity contribution in [2.45, 2.75) is 18.4 Å². The molecule has 0 spiro atoms. The maximum absolute atomic E-state index is 12.6. The maximum atomic E-state index is 12.6. The number of aryl methyl sites for hydroxylation is 1. The van der Waals surface area contributed by atoms with E-state index in [2.05, 4.69) is 40.3 Å². The molecule has 2 amide bonds. The normalized spacial score (nSPS) is 11.1. The molecule has 0 unspecified atom stereocenters. The van der Waals surface area contributed by atoms with Crippen LogP contribution in [0.2, 0.25) is 0 Å². The number of nitrogens with zero attached hydrogens (tertiary/aromatic N) is 1. The lowest BCUT2D eigenvalue weighted by molar-refractivity contribution is -0.113. The van der Waals surface area contributed by atoms with Crippen LogP contribution in [0.4, 0.5) is 11.4 Å². The monoisotopic (exact) mass is 469 g/mol. The van der Waals surface area contributed by atoms with E-state index in [0.29, 0.717) is 5.69 Å². The molecule has 6 nitrogen and oxygen atoms in total. The van der Waals surface area contributed by atoms with Crippen LogP contribution >= 0.6 is 11.8 Å². The van der Waals surface area contributed by atoms with E-state index in [9.17, 15) is 9.59 Å². The zero-order chi connectivity index (χ0) is 23.5. The van der Waals surface area contributed by atoms with Crippen molar-refractivity contribution in [2.75, 3.05) is 16.4 Å². The number of anilines is 2. The second kappa shape index (κ2) is 9.49. The molecule has 2 heterocycles. The smallest absolute Gasteiger partial charge is 0.291 e. The summed E-state index contributed by atoms with van der Waals surface area (Å²) in [6.07, 6.45) is 1.46. The summed E-state index contributed by atoms with van der Waals surface area (Å²) in [4.78, 5) is 25.6. The molecule has 0 bridgehead atoms. The minimum Gasteiger partial charge on any atom is -0.459 e. The van der Waals surface area contributed by atoms with Gasteiger partial charge in [0.05, 0.1) is 12.0 Å². The van der Waals surface area contributed by atoms with Crippen molar-refractivity contribution >= 4 is 56.8 Å². The molecule has 0 radical (unpaired) electrons. The van der Waals surface area contributed by atoms with Crippen LogP contribution in [0, 0.1) is 0 Å². The highest BCUT2D eigenvalue weighted by Gasteiger charge is 2.12. The number of hydrogen-bond donors (Lipinski definition) is 2. The molecule has 5 aromatic rings. The standard InChI is InChI=1S/C27H23N3O3S/c1-2-30-23-7-4-3-6-21(23)22-16-19(11-14-24(22)30)28-26(31)17-34-20-12-9-18(10-13-20)29-27(32)25-8-5-15-33-25/h3-16H,2,17H2,1H3,(H,28,31)(H,29,32). The highest BCUT2D eigenvalue weighted by atomic mass is 32.2. The molecule has 2 N–H and O–H groups in total. The number of aromatic nitrogens is 1. The van der Waals surface area contributed by atoms with Crippen LogP contribution in [-0.4, -0.2) is 22.1 Å². The average molecular weight is 470 g/mol. The maximum Gasteiger partial charge on any atom is 0.291 e. The molecule has 0 saturated heterocycles. The number of nitrogens with one attached hydrogen (secondary N) is 2. The van der Waals surface area contributed by atoms with E-state index in [0.717, 1.165) is 28.0 Å². The third-order valence-corrected chi connectivity index (χ3v) is 6.61. The molecule has 0 aliphatic heterocycles. The molecule has 5 rings (SSSR count). The van der Waals surface area contributed by atoms with Crippen LogP contribution in [0.3, 0.4) is 0 Å². The van der Waals surface area contributed by atoms with Gasteiger partial charge >= 0.3 is 0 Å². The Hall–Kier alpha value is -3.97. The fraction of sp³-hybridized carbons (Fsp3) is 0.111. The largest absolute Gasteiger partial charge is 0.459 e. The Kier molecular flexibility index (Phi) is 6.10. The van der Waals surface area contributed by atoms with Crippen LogP contribution in [0.25, 0.3) is 21.8 Å². The first kappa shape index (κ1) is 21.9. The number of carbonyl (C=O) groups excluding carboxylic acids is 2. The SMILES string of the molecule is CCn1c2ccccc2c2cc(NC(=O)CSc3ccc(NC(=O)c4ccco4)cc3)ccc21. The lowest BCUT2D eigenvalue weighted by Crippen LogP contribution is -2.14. The zero-order valence-corrected chi connectivity index (χ0v) is 19.4. The fourth-order valence-electron chi connectivity index (χ4n) is 4.05. The Morgan fingerprint density at radius 1 is 0.853 bits per heavy atom. The predicted octanol–water partition coefficient (Wildman–Crippen LogP) is 6.39. The van der Waals surface area contributed by atoms with Gasteiger partial charge < -0.3 is 19.6 Å². The van der Waals surface area contributed by atoms with E-state index in [1.54, 1.807) is 24.3 Å². The van der Waals surface area contributed by atoms with Crippen LogP contribution in [0.1, 0.15) is 17.5 Å². The number of rotatable bonds is 7. The van der Waals surface area contributed by atoms with Crippen molar-refractivity contribution in [2.24, 2.45) is 0 Å². The molecule has 0 aliphatic rings. The summed E-state index contributed by atoms with van der Waals surface area (Å²) in [6.45, 7) is 3.02. The van der Waals surface area contributed by atoms with Gasteiger partial charge in [-0.2, -0.15) is 0 Å². The number of carbonyl (C=O) groups is 2. The highest BCUT2D eigenvalue weighted by Crippen LogP contribution is 2.31. The van der Waals surface area contributed by atoms with E-state index in [1.165, 1.54) is 28.9 Å². The van der Waals surface area contributed by atoms with Crippen molar-refractivity contribution < 1.29 is 14.0 Å². The van der Waals surface area contributed by atoms with Crippen LogP contribution in [0.5, 0.6) is 0 Å². The Bertz CT molecular complexity index is 1470. The van der Waals surface area contributed by atoms with Crippen LogP contribution < -0.4 is 10.6 Å². The van der Waals surface area contributed by atoms with Gasteiger partial charge in [0.1, 0.15) is 0 Å². The van der Waals surface area contributed by atoms with E-state index in [4.69, 9.17) is 4.42 Å². The molecule has 0 fully saturated rings. The zero-order valence-electron chi connectivity index (χ0n) is 18.6. The number of benzene rings is 3. The summed E-state index contributed by atoms with van der Waals surface area (Å²) in [5, 5.41) is 8.11. The number of fused-ring (bicyclic) bond motifs is 3. The molecule has 2 aromatic heterocycles. The van der Waals surface area contributed by atoms with E-state index >= 15 is 0 Å². The van der Waals surface area contributed by atoms with E-state index in [-0.39, 0.29) is 23.3 Å². The van der Waals surface area contributed by atoms with E-state index in [1.807, 2.05) is 36.4 Å². The first-order valence-electron chi connectivity index (χ1n) is 11.0. The quantitative estimate of drug-likeness (QED) is 0.271. The molecular formula is C27H23N3O3S. The summed E-state index contributed by atoms with van der Waals surface area (Å²) < 4.78 is 7.38. The van der Waals surface area contributed by atoms with Crippen molar-refractivity contribution in [1.82, 2.24) is 4.57 Å². The van der Waals surface area contributed by atoms with Gasteiger partial charge in [0.25, 0.3) is 5.91 Å². The minimum absolute atomic E-state index is 0.0706. The van der Waals surface area contributed by atoms with Gasteiger partial charge in [-0.15, -0.1) is 11.8 Å². The van der Waals surface area contributed by atoms with Gasteiger partial charge in [0.15, 0.2) is 5.76 Å². The van der Waals surface area contributed by atoms with Crippen molar-refractivity contribution in [3.05, 3.63) is 90.9 Å². The molecule has 0 atom stereocenters. The van der Waals surface area contributed by atoms with Crippen molar-refractivity contribution in [3.8, 4) is 0 Å². The number of thioether (sulfide) groups is 1. The summed E-state index contributed by atoms with van der Waals surface area (Å²) in [6, 6.07) is 25.0. The second-order valence-corrected chi connectivity index (χ2v) is 8.83. The molecule has 7 heteroatoms. The van der Waals surface area contributed by atoms with Crippen molar-refractivity contribution in [3.63, 3.8) is 0 Å². The van der Waals surface area contributed by atoms with Gasteiger partial charge in [-0.05, 0) is 67.6 Å². The lowest BCUT2D eigenvalue weighted by Gasteiger charge is -2.08. The average Bonchev–Trinajstić information content (AvgIpc) is 3.50. The van der Waals surface area contributed by atoms with Crippen LogP contribution in [-0.2, 0) is 11.3 Å². The molecular weight excluding hydrogens is 446 g/mol. The summed E-state index contributed by atoms with van der Waals surface area (Å²) >= 11 is 1.44. The summed E-state index contributed by atoms with van der Waals surface area (Å²) in [5.41, 5.74) is 3.81. The first-order chi connectivity index (χ1) is 16.6. The second-order valence-electron chi connectivity index (χ2n) is 7.79. The Balaban J connectivity index is 1.21. The summed E-state index contributed by atoms with van der Waals surface area (Å²) in [7, 11) is 0. The molecule has 34 heavy (non-hydrogen) atoms.